The van der Waals surface area contributed by atoms with Gasteiger partial charge in [-0.2, -0.15) is 0 Å². The Balaban J connectivity index is 1.49. The summed E-state index contributed by atoms with van der Waals surface area (Å²) < 4.78 is 15.4. The summed E-state index contributed by atoms with van der Waals surface area (Å²) in [6.07, 6.45) is 1.56. The van der Waals surface area contributed by atoms with Crippen LogP contribution in [0.3, 0.4) is 0 Å². The van der Waals surface area contributed by atoms with Crippen LogP contribution in [0.5, 0.6) is 0 Å². The van der Waals surface area contributed by atoms with E-state index in [2.05, 4.69) is 37.2 Å². The number of aromatic nitrogens is 4. The Morgan fingerprint density at radius 3 is 2.41 bits per heavy atom. The lowest BCUT2D eigenvalue weighted by atomic mass is 10.1. The van der Waals surface area contributed by atoms with Crippen molar-refractivity contribution in [1.29, 1.82) is 0 Å². The third-order valence-electron chi connectivity index (χ3n) is 5.48. The highest BCUT2D eigenvalue weighted by atomic mass is 19.1. The van der Waals surface area contributed by atoms with Crippen molar-refractivity contribution in [2.75, 3.05) is 0 Å². The monoisotopic (exact) mass is 459 g/mol. The fourth-order valence-electron chi connectivity index (χ4n) is 3.80. The van der Waals surface area contributed by atoms with Gasteiger partial charge >= 0.3 is 5.97 Å². The lowest BCUT2D eigenvalue weighted by Gasteiger charge is -2.12. The molecule has 0 saturated carbocycles. The predicted octanol–water partition coefficient (Wildman–Crippen LogP) is 3.94. The molecule has 4 rings (SSSR count). The number of carboxylic acid groups (broad SMARTS) is 1. The molecule has 0 aliphatic heterocycles. The van der Waals surface area contributed by atoms with Crippen LogP contribution in [0, 0.1) is 12.7 Å². The highest BCUT2D eigenvalue weighted by molar-refractivity contribution is 5.87. The van der Waals surface area contributed by atoms with E-state index < -0.39 is 5.97 Å². The molecule has 2 aromatic heterocycles. The molecule has 0 aliphatic rings. The fourth-order valence-corrected chi connectivity index (χ4v) is 3.80. The summed E-state index contributed by atoms with van der Waals surface area (Å²) in [7, 11) is 0. The first-order chi connectivity index (χ1) is 16.5. The second kappa shape index (κ2) is 10.8. The molecule has 0 bridgehead atoms. The number of nitrogens with zero attached hydrogens (tertiary/aromatic N) is 4. The van der Waals surface area contributed by atoms with Crippen LogP contribution in [0.15, 0.2) is 66.7 Å². The number of halogens is 1. The highest BCUT2D eigenvalue weighted by Gasteiger charge is 2.14. The largest absolute Gasteiger partial charge is 0.478 e. The summed E-state index contributed by atoms with van der Waals surface area (Å²) in [5.41, 5.74) is 3.69. The second-order valence-corrected chi connectivity index (χ2v) is 8.13. The van der Waals surface area contributed by atoms with Gasteiger partial charge in [-0.3, -0.25) is 4.98 Å². The van der Waals surface area contributed by atoms with E-state index in [1.165, 1.54) is 17.7 Å². The van der Waals surface area contributed by atoms with Crippen molar-refractivity contribution in [3.63, 3.8) is 0 Å². The zero-order valence-corrected chi connectivity index (χ0v) is 18.9. The Morgan fingerprint density at radius 2 is 1.68 bits per heavy atom. The molecular formula is C26H26FN5O2. The Bertz CT molecular complexity index is 1260. The van der Waals surface area contributed by atoms with Crippen molar-refractivity contribution in [2.24, 2.45) is 0 Å². The van der Waals surface area contributed by atoms with Crippen LogP contribution in [0.2, 0.25) is 0 Å². The first-order valence-corrected chi connectivity index (χ1v) is 11.1. The van der Waals surface area contributed by atoms with Crippen molar-refractivity contribution >= 4 is 5.97 Å². The quantitative estimate of drug-likeness (QED) is 0.373. The zero-order valence-electron chi connectivity index (χ0n) is 18.9. The summed E-state index contributed by atoms with van der Waals surface area (Å²) in [5, 5.41) is 21.4. The molecule has 0 saturated heterocycles. The van der Waals surface area contributed by atoms with Gasteiger partial charge < -0.3 is 15.0 Å². The number of hydrogen-bond acceptors (Lipinski definition) is 5. The van der Waals surface area contributed by atoms with E-state index >= 15 is 0 Å². The van der Waals surface area contributed by atoms with Gasteiger partial charge in [-0.05, 0) is 48.7 Å². The average Bonchev–Trinajstić information content (AvgIpc) is 3.20. The zero-order chi connectivity index (χ0) is 23.9. The number of aryl methyl sites for hydroxylation is 3. The van der Waals surface area contributed by atoms with Crippen LogP contribution in [0.1, 0.15) is 44.5 Å². The minimum Gasteiger partial charge on any atom is -0.478 e. The number of pyridine rings is 1. The maximum atomic E-state index is 13.4. The van der Waals surface area contributed by atoms with Gasteiger partial charge in [0.1, 0.15) is 17.5 Å². The Hall–Kier alpha value is -3.91. The van der Waals surface area contributed by atoms with E-state index in [1.807, 2.05) is 18.2 Å². The molecule has 2 aromatic carbocycles. The molecule has 0 aliphatic carbocycles. The third-order valence-corrected chi connectivity index (χ3v) is 5.48. The van der Waals surface area contributed by atoms with Crippen molar-refractivity contribution < 1.29 is 14.3 Å². The molecule has 174 valence electrons. The van der Waals surface area contributed by atoms with Gasteiger partial charge in [-0.15, -0.1) is 10.2 Å². The van der Waals surface area contributed by atoms with Crippen LogP contribution in [0.4, 0.5) is 4.39 Å². The lowest BCUT2D eigenvalue weighted by molar-refractivity contribution is 0.0696. The average molecular weight is 460 g/mol. The number of carboxylic acids is 1. The Kier molecular flexibility index (Phi) is 7.39. The first kappa shape index (κ1) is 23.3. The molecule has 4 aromatic rings. The molecular weight excluding hydrogens is 433 g/mol. The molecule has 8 heteroatoms. The van der Waals surface area contributed by atoms with E-state index in [4.69, 9.17) is 0 Å². The van der Waals surface area contributed by atoms with Gasteiger partial charge in [0.25, 0.3) is 0 Å². The number of aromatic carboxylic acids is 1. The number of benzene rings is 2. The fraction of sp³-hybridized carbons (Fsp3) is 0.231. The van der Waals surface area contributed by atoms with E-state index in [0.29, 0.717) is 31.0 Å². The van der Waals surface area contributed by atoms with Gasteiger partial charge in [0.15, 0.2) is 0 Å². The van der Waals surface area contributed by atoms with Gasteiger partial charge in [-0.25, -0.2) is 9.18 Å². The van der Waals surface area contributed by atoms with Crippen molar-refractivity contribution in [3.05, 3.63) is 112 Å². The topological polar surface area (TPSA) is 92.9 Å². The maximum Gasteiger partial charge on any atom is 0.335 e. The van der Waals surface area contributed by atoms with Crippen molar-refractivity contribution in [1.82, 2.24) is 25.1 Å². The smallest absolute Gasteiger partial charge is 0.335 e. The highest BCUT2D eigenvalue weighted by Crippen LogP contribution is 2.13. The minimum absolute atomic E-state index is 0.215. The standard InChI is InChI=1S/C26H26FN5O2/c1-18-13-21(26(33)34)14-23(29-18)15-28-16-25-31-30-24(12-9-19-5-3-2-4-6-19)32(25)17-20-7-10-22(27)11-8-20/h2-8,10-11,13-14,28H,9,12,15-17H2,1H3,(H,33,34). The van der Waals surface area contributed by atoms with Crippen molar-refractivity contribution in [2.45, 2.75) is 39.4 Å². The van der Waals surface area contributed by atoms with Crippen molar-refractivity contribution in [3.8, 4) is 0 Å². The third kappa shape index (κ3) is 6.11. The number of hydrogen-bond donors (Lipinski definition) is 2. The molecule has 0 atom stereocenters. The molecule has 7 nitrogen and oxygen atoms in total. The van der Waals surface area contributed by atoms with Crippen LogP contribution in [-0.4, -0.2) is 30.8 Å². The molecule has 0 fully saturated rings. The van der Waals surface area contributed by atoms with Crippen LogP contribution >= 0.6 is 0 Å². The van der Waals surface area contributed by atoms with Crippen LogP contribution < -0.4 is 5.32 Å². The number of carbonyl (C=O) groups is 1. The maximum absolute atomic E-state index is 13.4. The molecule has 34 heavy (non-hydrogen) atoms. The van der Waals surface area contributed by atoms with E-state index in [9.17, 15) is 14.3 Å². The summed E-state index contributed by atoms with van der Waals surface area (Å²) in [6.45, 7) is 3.12. The van der Waals surface area contributed by atoms with Crippen LogP contribution in [-0.2, 0) is 32.5 Å². The summed E-state index contributed by atoms with van der Waals surface area (Å²) in [6, 6.07) is 19.7. The van der Waals surface area contributed by atoms with Crippen LogP contribution in [0.25, 0.3) is 0 Å². The van der Waals surface area contributed by atoms with E-state index in [0.717, 1.165) is 30.1 Å². The predicted molar refractivity (Wildman–Crippen MR) is 126 cm³/mol. The molecule has 0 spiro atoms. The van der Waals surface area contributed by atoms with E-state index in [1.54, 1.807) is 31.2 Å². The minimum atomic E-state index is -0.978. The summed E-state index contributed by atoms with van der Waals surface area (Å²) in [4.78, 5) is 15.7. The summed E-state index contributed by atoms with van der Waals surface area (Å²) >= 11 is 0. The number of nitrogens with one attached hydrogen (secondary N) is 1. The SMILES string of the molecule is Cc1cc(C(=O)O)cc(CNCc2nnc(CCc3ccccc3)n2Cc2ccc(F)cc2)n1. The molecule has 0 amide bonds. The van der Waals surface area contributed by atoms with Gasteiger partial charge in [0, 0.05) is 18.7 Å². The van der Waals surface area contributed by atoms with Gasteiger partial charge in [0.05, 0.1) is 24.3 Å². The normalized spacial score (nSPS) is 11.0. The first-order valence-electron chi connectivity index (χ1n) is 11.1. The second-order valence-electron chi connectivity index (χ2n) is 8.13. The molecule has 0 radical (unpaired) electrons. The molecule has 2 N–H and O–H groups in total. The van der Waals surface area contributed by atoms with Gasteiger partial charge in [0.2, 0.25) is 0 Å². The Labute approximate surface area is 197 Å². The number of rotatable bonds is 10. The molecule has 2 heterocycles. The summed E-state index contributed by atoms with van der Waals surface area (Å²) in [5.74, 6) is 0.351. The Morgan fingerprint density at radius 1 is 0.941 bits per heavy atom. The van der Waals surface area contributed by atoms with Gasteiger partial charge in [-0.1, -0.05) is 42.5 Å². The van der Waals surface area contributed by atoms with E-state index in [-0.39, 0.29) is 11.4 Å². The molecule has 0 unspecified atom stereocenters. The lowest BCUT2D eigenvalue weighted by Crippen LogP contribution is -2.19.